The molecule has 9 heteroatoms. The minimum atomic E-state index is -4.54. The average molecular weight is 654 g/mol. The molecule has 2 aliphatic heterocycles. The molecule has 0 bridgehead atoms. The predicted octanol–water partition coefficient (Wildman–Crippen LogP) is 8.51. The van der Waals surface area contributed by atoms with Crippen LogP contribution in [-0.2, 0) is 9.31 Å². The fraction of sp³-hybridized carbons (Fsp3) is 0.385. The molecule has 0 spiro atoms. The molecular formula is C39H47B2F3N2O2. The molecule has 3 aromatic carbocycles. The minimum Gasteiger partial charge on any atom is -0.384 e. The number of alkyl halides is 3. The molecule has 0 aromatic heterocycles. The van der Waals surface area contributed by atoms with Gasteiger partial charge in [0.25, 0.3) is 0 Å². The highest BCUT2D eigenvalue weighted by Crippen LogP contribution is 2.41. The van der Waals surface area contributed by atoms with Gasteiger partial charge in [-0.2, -0.15) is 13.2 Å². The number of hydrogen-bond donors (Lipinski definition) is 0. The van der Waals surface area contributed by atoms with Gasteiger partial charge < -0.3 is 18.9 Å². The molecular weight excluding hydrogens is 607 g/mol. The van der Waals surface area contributed by atoms with Crippen LogP contribution in [0.4, 0.5) is 18.9 Å². The quantitative estimate of drug-likeness (QED) is 0.249. The highest BCUT2D eigenvalue weighted by molar-refractivity contribution is 6.84. The number of aryl methyl sites for hydroxylation is 8. The van der Waals surface area contributed by atoms with Crippen molar-refractivity contribution in [3.05, 3.63) is 123 Å². The molecule has 2 aliphatic rings. The number of para-hydroxylation sites is 1. The zero-order chi connectivity index (χ0) is 35.5. The van der Waals surface area contributed by atoms with Gasteiger partial charge in [0.1, 0.15) is 0 Å². The van der Waals surface area contributed by atoms with E-state index in [1.165, 1.54) is 6.20 Å². The molecule has 0 radical (unpaired) electrons. The Kier molecular flexibility index (Phi) is 9.39. The number of nitrogens with zero attached hydrogens (tertiary/aromatic N) is 2. The van der Waals surface area contributed by atoms with Crippen molar-refractivity contribution < 1.29 is 22.5 Å². The van der Waals surface area contributed by atoms with Gasteiger partial charge in [-0.1, -0.05) is 75.8 Å². The highest BCUT2D eigenvalue weighted by Gasteiger charge is 2.54. The van der Waals surface area contributed by atoms with E-state index in [1.807, 2.05) is 112 Å². The maximum absolute atomic E-state index is 14.6. The molecule has 252 valence electrons. The van der Waals surface area contributed by atoms with Crippen LogP contribution in [0.2, 0.25) is 0 Å². The normalized spacial score (nSPS) is 18.1. The van der Waals surface area contributed by atoms with Crippen LogP contribution in [0.5, 0.6) is 0 Å². The molecule has 1 fully saturated rings. The van der Waals surface area contributed by atoms with Gasteiger partial charge in [-0.3, -0.25) is 0 Å². The van der Waals surface area contributed by atoms with E-state index in [-0.39, 0.29) is 0 Å². The molecule has 0 aliphatic carbocycles. The van der Waals surface area contributed by atoms with Crippen LogP contribution in [0, 0.1) is 55.4 Å². The van der Waals surface area contributed by atoms with E-state index >= 15 is 0 Å². The van der Waals surface area contributed by atoms with Gasteiger partial charge >= 0.3 is 20.3 Å². The maximum Gasteiger partial charge on any atom is 0.598 e. The Morgan fingerprint density at radius 2 is 1.15 bits per heavy atom. The molecule has 0 unspecified atom stereocenters. The van der Waals surface area contributed by atoms with Gasteiger partial charge in [0, 0.05) is 23.8 Å². The van der Waals surface area contributed by atoms with Gasteiger partial charge in [-0.15, -0.1) is 0 Å². The topological polar surface area (TPSA) is 24.9 Å². The molecule has 0 saturated carbocycles. The molecule has 0 atom stereocenters. The Labute approximate surface area is 285 Å². The highest BCUT2D eigenvalue weighted by atomic mass is 19.4. The Morgan fingerprint density at radius 1 is 0.708 bits per heavy atom. The lowest BCUT2D eigenvalue weighted by molar-refractivity contribution is -0.0890. The predicted molar refractivity (Wildman–Crippen MR) is 194 cm³/mol. The summed E-state index contributed by atoms with van der Waals surface area (Å²) >= 11 is 0. The van der Waals surface area contributed by atoms with E-state index in [9.17, 15) is 13.2 Å². The fourth-order valence-electron chi connectivity index (χ4n) is 7.21. The number of allylic oxidation sites excluding steroid dienone is 3. The van der Waals surface area contributed by atoms with Gasteiger partial charge in [0.05, 0.1) is 16.8 Å². The number of rotatable bonds is 6. The molecule has 0 amide bonds. The number of halogens is 3. The summed E-state index contributed by atoms with van der Waals surface area (Å²) in [7, 11) is -0.824. The monoisotopic (exact) mass is 654 g/mol. The van der Waals surface area contributed by atoms with Crippen LogP contribution < -0.4 is 15.7 Å². The molecule has 5 rings (SSSR count). The number of hydrogen-bond acceptors (Lipinski definition) is 4. The van der Waals surface area contributed by atoms with Gasteiger partial charge in [-0.25, -0.2) is 0 Å². The minimum absolute atomic E-state index is 0.558. The SMILES string of the molecule is Cc1cc(C)c(B(c2c(C)cc(C)cc2C)N2C=C(C(F)(F)F)C=C/C2=C\N(B2OC(C)(C)C(C)(C)O2)c2c(C)cccc2C)c(C)c1. The second-order valence-electron chi connectivity index (χ2n) is 14.6. The van der Waals surface area contributed by atoms with Crippen LogP contribution in [0.3, 0.4) is 0 Å². The van der Waals surface area contributed by atoms with Crippen molar-refractivity contribution in [3.8, 4) is 0 Å². The third-order valence-corrected chi connectivity index (χ3v) is 10.1. The molecule has 48 heavy (non-hydrogen) atoms. The van der Waals surface area contributed by atoms with Crippen molar-refractivity contribution in [2.24, 2.45) is 0 Å². The number of anilines is 1. The van der Waals surface area contributed by atoms with Crippen LogP contribution in [0.1, 0.15) is 72.2 Å². The Balaban J connectivity index is 1.83. The molecule has 1 saturated heterocycles. The first-order valence-electron chi connectivity index (χ1n) is 16.5. The molecule has 4 nitrogen and oxygen atoms in total. The largest absolute Gasteiger partial charge is 0.598 e. The lowest BCUT2D eigenvalue weighted by Gasteiger charge is -2.37. The first kappa shape index (κ1) is 35.6. The van der Waals surface area contributed by atoms with E-state index < -0.39 is 37.1 Å². The zero-order valence-corrected chi connectivity index (χ0v) is 30.4. The first-order valence-corrected chi connectivity index (χ1v) is 16.5. The Hall–Kier alpha value is -3.68. The molecule has 2 heterocycles. The number of benzene rings is 3. The smallest absolute Gasteiger partial charge is 0.384 e. The standard InChI is InChI=1S/C39H47B2F3N2O2/c1-24-18-28(5)34(29(6)19-24)40(35-30(7)20-25(2)21-31(35)8)45-22-32(39(42,43)44)16-17-33(45)23-46(36-26(3)14-13-15-27(36)4)41-47-37(9,10)38(11,12)48-41/h13-23H,1-12H3/b33-23+. The summed E-state index contributed by atoms with van der Waals surface area (Å²) in [5, 5.41) is 0. The van der Waals surface area contributed by atoms with Crippen LogP contribution in [0.25, 0.3) is 0 Å². The summed E-state index contributed by atoms with van der Waals surface area (Å²) < 4.78 is 56.9. The van der Waals surface area contributed by atoms with Crippen LogP contribution >= 0.6 is 0 Å². The summed E-state index contributed by atoms with van der Waals surface area (Å²) in [6.07, 6.45) is 1.34. The summed E-state index contributed by atoms with van der Waals surface area (Å²) in [4.78, 5) is 3.74. The first-order chi connectivity index (χ1) is 22.2. The van der Waals surface area contributed by atoms with Crippen molar-refractivity contribution in [3.63, 3.8) is 0 Å². The van der Waals surface area contributed by atoms with E-state index in [1.54, 1.807) is 10.9 Å². The summed E-state index contributed by atoms with van der Waals surface area (Å²) in [6.45, 7) is 23.8. The van der Waals surface area contributed by atoms with Crippen molar-refractivity contribution in [1.82, 2.24) is 4.81 Å². The Bertz CT molecular complexity index is 1700. The van der Waals surface area contributed by atoms with Crippen LogP contribution in [0.15, 0.2) is 78.3 Å². The van der Waals surface area contributed by atoms with Crippen molar-refractivity contribution in [2.45, 2.75) is 100 Å². The van der Waals surface area contributed by atoms with E-state index in [0.29, 0.717) is 5.70 Å². The third-order valence-electron chi connectivity index (χ3n) is 10.1. The Morgan fingerprint density at radius 3 is 1.56 bits per heavy atom. The zero-order valence-electron chi connectivity index (χ0n) is 30.4. The second-order valence-corrected chi connectivity index (χ2v) is 14.6. The van der Waals surface area contributed by atoms with Crippen LogP contribution in [-0.4, -0.2) is 36.3 Å². The van der Waals surface area contributed by atoms with E-state index in [4.69, 9.17) is 9.31 Å². The second kappa shape index (κ2) is 12.6. The molecule has 3 aromatic rings. The van der Waals surface area contributed by atoms with Gasteiger partial charge in [0.2, 0.25) is 0 Å². The van der Waals surface area contributed by atoms with Crippen molar-refractivity contribution >= 4 is 30.7 Å². The van der Waals surface area contributed by atoms with Gasteiger partial charge in [-0.05, 0) is 117 Å². The van der Waals surface area contributed by atoms with Crippen molar-refractivity contribution in [1.29, 1.82) is 0 Å². The lowest BCUT2D eigenvalue weighted by Crippen LogP contribution is -2.58. The van der Waals surface area contributed by atoms with Gasteiger partial charge in [0.15, 0.2) is 0 Å². The van der Waals surface area contributed by atoms with Crippen molar-refractivity contribution in [2.75, 3.05) is 4.81 Å². The average Bonchev–Trinajstić information content (AvgIpc) is 3.16. The summed E-state index contributed by atoms with van der Waals surface area (Å²) in [5.41, 5.74) is 9.69. The fourth-order valence-corrected chi connectivity index (χ4v) is 7.21. The lowest BCUT2D eigenvalue weighted by atomic mass is 9.45. The summed E-state index contributed by atoms with van der Waals surface area (Å²) in [6, 6.07) is 14.5. The van der Waals surface area contributed by atoms with E-state index in [0.717, 1.165) is 67.2 Å². The van der Waals surface area contributed by atoms with E-state index in [2.05, 4.69) is 24.3 Å². The summed E-state index contributed by atoms with van der Waals surface area (Å²) in [5.74, 6) is 0. The molecule has 0 N–H and O–H groups in total. The third kappa shape index (κ3) is 6.64. The maximum atomic E-state index is 14.6.